The van der Waals surface area contributed by atoms with E-state index in [-0.39, 0.29) is 39.1 Å². The predicted octanol–water partition coefficient (Wildman–Crippen LogP) is 7.02. The Bertz CT molecular complexity index is 1190. The molecule has 1 N–H and O–H groups in total. The third-order valence-corrected chi connectivity index (χ3v) is 12.2. The smallest absolute Gasteiger partial charge is 0.251 e. The van der Waals surface area contributed by atoms with Crippen LogP contribution in [0.15, 0.2) is 46.3 Å². The number of nitrogens with zero attached hydrogens (tertiary/aromatic N) is 1. The minimum absolute atomic E-state index is 0.0313. The highest BCUT2D eigenvalue weighted by Gasteiger charge is 2.68. The molecule has 5 aliphatic carbocycles. The molecule has 0 aliphatic heterocycles. The lowest BCUT2D eigenvalue weighted by molar-refractivity contribution is -0.200. The molecular weight excluding hydrogens is 462 g/mol. The van der Waals surface area contributed by atoms with E-state index in [1.165, 1.54) is 10.6 Å². The zero-order valence-corrected chi connectivity index (χ0v) is 24.1. The van der Waals surface area contributed by atoms with E-state index in [4.69, 9.17) is 4.84 Å². The number of hydrogen-bond acceptors (Lipinski definition) is 4. The second-order valence-corrected chi connectivity index (χ2v) is 13.7. The minimum Gasteiger partial charge on any atom is -0.504 e. The highest BCUT2D eigenvalue weighted by atomic mass is 16.7. The number of aliphatic hydroxyl groups excluding tert-OH is 1. The molecule has 0 saturated heterocycles. The maximum Gasteiger partial charge on any atom is 0.251 e. The lowest BCUT2D eigenvalue weighted by Crippen LogP contribution is -2.63. The maximum atomic E-state index is 13.5. The molecule has 0 radical (unpaired) electrons. The maximum absolute atomic E-state index is 13.5. The van der Waals surface area contributed by atoms with Crippen molar-refractivity contribution in [1.82, 2.24) is 5.06 Å². The lowest BCUT2D eigenvalue weighted by Gasteiger charge is -2.71. The van der Waals surface area contributed by atoms with E-state index < -0.39 is 5.41 Å². The molecule has 0 bridgehead atoms. The average molecular weight is 508 g/mol. The Kier molecular flexibility index (Phi) is 5.85. The Hall–Kier alpha value is -2.14. The van der Waals surface area contributed by atoms with Crippen molar-refractivity contribution >= 4 is 11.7 Å². The Morgan fingerprint density at radius 1 is 1.08 bits per heavy atom. The van der Waals surface area contributed by atoms with Gasteiger partial charge in [0.2, 0.25) is 5.78 Å². The van der Waals surface area contributed by atoms with Gasteiger partial charge in [-0.05, 0) is 97.7 Å². The standard InChI is InChI=1S/C32H45NO4/c1-9-32-17-15-30(5)22-18-23(34)26(35)20(2)21(22)10-11-24(30)31(32,6)16-14-28(3)12-13-29(4,19-25(28)32)27(36)33(7)37-8/h10-11,18,25,35H,9,12-17,19H2,1-8H3/t25-,28-,29-,30+,31-,32+/m1/s1. The largest absolute Gasteiger partial charge is 0.504 e. The molecule has 0 aromatic carbocycles. The monoisotopic (exact) mass is 507 g/mol. The van der Waals surface area contributed by atoms with Gasteiger partial charge in [-0.25, -0.2) is 5.06 Å². The molecule has 5 rings (SSSR count). The van der Waals surface area contributed by atoms with Gasteiger partial charge in [-0.15, -0.1) is 0 Å². The fourth-order valence-corrected chi connectivity index (χ4v) is 9.68. The van der Waals surface area contributed by atoms with Crippen LogP contribution in [0.25, 0.3) is 0 Å². The number of aliphatic hydroxyl groups is 1. The minimum atomic E-state index is -0.429. The number of carbonyl (C=O) groups excluding carboxylic acids is 2. The first-order chi connectivity index (χ1) is 17.2. The summed E-state index contributed by atoms with van der Waals surface area (Å²) in [5.41, 5.74) is 3.83. The number of allylic oxidation sites excluding steroid dienone is 7. The normalized spacial score (nSPS) is 43.0. The van der Waals surface area contributed by atoms with E-state index in [1.54, 1.807) is 20.2 Å². The molecule has 0 heterocycles. The number of ketones is 1. The van der Waals surface area contributed by atoms with Crippen molar-refractivity contribution in [3.8, 4) is 0 Å². The van der Waals surface area contributed by atoms with Crippen molar-refractivity contribution in [2.24, 2.45) is 33.0 Å². The molecule has 202 valence electrons. The van der Waals surface area contributed by atoms with Gasteiger partial charge in [0.1, 0.15) is 0 Å². The molecule has 0 unspecified atom stereocenters. The zero-order chi connectivity index (χ0) is 27.2. The van der Waals surface area contributed by atoms with Gasteiger partial charge in [-0.2, -0.15) is 0 Å². The summed E-state index contributed by atoms with van der Waals surface area (Å²) in [5, 5.41) is 11.8. The van der Waals surface area contributed by atoms with Crippen LogP contribution in [0.2, 0.25) is 0 Å². The summed E-state index contributed by atoms with van der Waals surface area (Å²) in [6, 6.07) is 0. The third kappa shape index (κ3) is 3.25. The van der Waals surface area contributed by atoms with Crippen molar-refractivity contribution in [2.75, 3.05) is 14.2 Å². The molecule has 3 saturated carbocycles. The van der Waals surface area contributed by atoms with Gasteiger partial charge >= 0.3 is 0 Å². The second kappa shape index (κ2) is 8.18. The van der Waals surface area contributed by atoms with Crippen LogP contribution >= 0.6 is 0 Å². The van der Waals surface area contributed by atoms with E-state index in [0.717, 1.165) is 62.5 Å². The summed E-state index contributed by atoms with van der Waals surface area (Å²) in [5.74, 6) is 0.124. The van der Waals surface area contributed by atoms with Crippen molar-refractivity contribution < 1.29 is 19.5 Å². The lowest BCUT2D eigenvalue weighted by atomic mass is 9.33. The van der Waals surface area contributed by atoms with Crippen molar-refractivity contribution in [2.45, 2.75) is 92.9 Å². The number of hydroxylamine groups is 2. The fraction of sp³-hybridized carbons (Fsp3) is 0.688. The van der Waals surface area contributed by atoms with Crippen molar-refractivity contribution in [3.63, 3.8) is 0 Å². The first kappa shape index (κ1) is 26.5. The molecule has 1 amide bonds. The van der Waals surface area contributed by atoms with Gasteiger partial charge in [0, 0.05) is 23.5 Å². The molecule has 0 aromatic rings. The van der Waals surface area contributed by atoms with Crippen molar-refractivity contribution in [3.05, 3.63) is 46.3 Å². The van der Waals surface area contributed by atoms with E-state index in [2.05, 4.69) is 46.8 Å². The highest BCUT2D eigenvalue weighted by Crippen LogP contribution is 2.76. The molecular formula is C32H45NO4. The molecule has 0 spiro atoms. The van der Waals surface area contributed by atoms with E-state index in [0.29, 0.717) is 11.5 Å². The molecule has 5 aliphatic rings. The summed E-state index contributed by atoms with van der Waals surface area (Å²) in [6.45, 7) is 13.7. The van der Waals surface area contributed by atoms with E-state index >= 15 is 0 Å². The number of fused-ring (bicyclic) bond motifs is 7. The quantitative estimate of drug-likeness (QED) is 0.417. The summed E-state index contributed by atoms with van der Waals surface area (Å²) in [6.07, 6.45) is 14.5. The summed E-state index contributed by atoms with van der Waals surface area (Å²) < 4.78 is 0. The SMILES string of the molecule is CC[C@@]12CC[C@@]3(C)C4=CC(=O)C(O)=C(C)C4=CC=C3[C@@]1(C)CC[C@@]1(C)CC[C@@](C)(C(=O)N(C)OC)C[C@H]12. The van der Waals surface area contributed by atoms with Crippen LogP contribution in [-0.4, -0.2) is 36.0 Å². The molecule has 6 atom stereocenters. The first-order valence-corrected chi connectivity index (χ1v) is 14.2. The Balaban J connectivity index is 1.63. The Labute approximate surface area is 222 Å². The number of amides is 1. The summed E-state index contributed by atoms with van der Waals surface area (Å²) >= 11 is 0. The van der Waals surface area contributed by atoms with Gasteiger partial charge < -0.3 is 5.11 Å². The predicted molar refractivity (Wildman–Crippen MR) is 145 cm³/mol. The number of rotatable bonds is 3. The van der Waals surface area contributed by atoms with Crippen LogP contribution in [0.5, 0.6) is 0 Å². The highest BCUT2D eigenvalue weighted by molar-refractivity contribution is 6.06. The molecule has 5 heteroatoms. The summed E-state index contributed by atoms with van der Waals surface area (Å²) in [7, 11) is 3.30. The third-order valence-electron chi connectivity index (χ3n) is 12.2. The van der Waals surface area contributed by atoms with Crippen LogP contribution in [0, 0.1) is 33.0 Å². The molecule has 0 aromatic heterocycles. The fourth-order valence-electron chi connectivity index (χ4n) is 9.68. The van der Waals surface area contributed by atoms with Gasteiger partial charge in [-0.1, -0.05) is 52.3 Å². The number of carbonyl (C=O) groups is 2. The van der Waals surface area contributed by atoms with Crippen LogP contribution < -0.4 is 0 Å². The first-order valence-electron chi connectivity index (χ1n) is 14.2. The van der Waals surface area contributed by atoms with E-state index in [9.17, 15) is 14.7 Å². The van der Waals surface area contributed by atoms with Gasteiger partial charge in [0.25, 0.3) is 5.91 Å². The Morgan fingerprint density at radius 2 is 1.76 bits per heavy atom. The molecule has 37 heavy (non-hydrogen) atoms. The van der Waals surface area contributed by atoms with E-state index in [1.807, 2.05) is 6.92 Å². The van der Waals surface area contributed by atoms with Crippen LogP contribution in [0.3, 0.4) is 0 Å². The van der Waals surface area contributed by atoms with Crippen LogP contribution in [-0.2, 0) is 14.4 Å². The zero-order valence-electron chi connectivity index (χ0n) is 24.1. The van der Waals surface area contributed by atoms with Crippen molar-refractivity contribution in [1.29, 1.82) is 0 Å². The summed E-state index contributed by atoms with van der Waals surface area (Å²) in [4.78, 5) is 31.6. The topological polar surface area (TPSA) is 66.8 Å². The van der Waals surface area contributed by atoms with Gasteiger partial charge in [-0.3, -0.25) is 14.4 Å². The average Bonchev–Trinajstić information content (AvgIpc) is 2.87. The second-order valence-electron chi connectivity index (χ2n) is 13.7. The van der Waals surface area contributed by atoms with Crippen LogP contribution in [0.4, 0.5) is 0 Å². The van der Waals surface area contributed by atoms with Gasteiger partial charge in [0.05, 0.1) is 7.11 Å². The molecule has 5 nitrogen and oxygen atoms in total. The molecule has 3 fully saturated rings. The Morgan fingerprint density at radius 3 is 2.41 bits per heavy atom. The number of hydrogen-bond donors (Lipinski definition) is 1. The van der Waals surface area contributed by atoms with Gasteiger partial charge in [0.15, 0.2) is 5.76 Å². The van der Waals surface area contributed by atoms with Crippen LogP contribution in [0.1, 0.15) is 92.9 Å².